The Morgan fingerprint density at radius 1 is 1.39 bits per heavy atom. The van der Waals surface area contributed by atoms with E-state index in [9.17, 15) is 13.6 Å². The third-order valence-electron chi connectivity index (χ3n) is 2.73. The highest BCUT2D eigenvalue weighted by atomic mass is 19.2. The minimum atomic E-state index is -0.866. The van der Waals surface area contributed by atoms with Gasteiger partial charge in [0.05, 0.1) is 13.0 Å². The summed E-state index contributed by atoms with van der Waals surface area (Å²) in [6.45, 7) is 2.72. The minimum Gasteiger partial charge on any atom is -0.469 e. The largest absolute Gasteiger partial charge is 0.469 e. The maximum absolute atomic E-state index is 12.9. The molecule has 1 unspecified atom stereocenters. The molecule has 1 atom stereocenters. The Kier molecular flexibility index (Phi) is 5.71. The van der Waals surface area contributed by atoms with Gasteiger partial charge in [-0.15, -0.1) is 0 Å². The number of methoxy groups -OCH3 is 1. The fraction of sp³-hybridized carbons (Fsp3) is 0.462. The third kappa shape index (κ3) is 4.07. The van der Waals surface area contributed by atoms with Crippen molar-refractivity contribution < 1.29 is 18.3 Å². The Morgan fingerprint density at radius 2 is 2.11 bits per heavy atom. The fourth-order valence-electron chi connectivity index (χ4n) is 1.60. The minimum absolute atomic E-state index is 0.222. The number of nitrogens with one attached hydrogen (secondary N) is 1. The van der Waals surface area contributed by atoms with Crippen molar-refractivity contribution in [3.05, 3.63) is 35.4 Å². The predicted molar refractivity (Wildman–Crippen MR) is 63.9 cm³/mol. The van der Waals surface area contributed by atoms with Gasteiger partial charge in [-0.2, -0.15) is 0 Å². The van der Waals surface area contributed by atoms with E-state index in [0.29, 0.717) is 25.1 Å². The summed E-state index contributed by atoms with van der Waals surface area (Å²) in [5.41, 5.74) is 0.633. The Labute approximate surface area is 105 Å². The van der Waals surface area contributed by atoms with Crippen LogP contribution < -0.4 is 5.32 Å². The van der Waals surface area contributed by atoms with E-state index in [-0.39, 0.29) is 11.9 Å². The van der Waals surface area contributed by atoms with Crippen LogP contribution in [0.15, 0.2) is 18.2 Å². The molecule has 3 nitrogen and oxygen atoms in total. The molecule has 0 aliphatic rings. The second-order valence-electron chi connectivity index (χ2n) is 4.01. The zero-order valence-electron chi connectivity index (χ0n) is 10.5. The van der Waals surface area contributed by atoms with Gasteiger partial charge >= 0.3 is 5.97 Å². The summed E-state index contributed by atoms with van der Waals surface area (Å²) >= 11 is 0. The quantitative estimate of drug-likeness (QED) is 0.794. The van der Waals surface area contributed by atoms with Crippen molar-refractivity contribution in [2.45, 2.75) is 19.9 Å². The molecule has 1 aromatic rings. The molecule has 1 rings (SSSR count). The van der Waals surface area contributed by atoms with E-state index < -0.39 is 11.6 Å². The van der Waals surface area contributed by atoms with Gasteiger partial charge in [-0.3, -0.25) is 4.79 Å². The van der Waals surface area contributed by atoms with Crippen LogP contribution in [0.2, 0.25) is 0 Å². The smallest absolute Gasteiger partial charge is 0.309 e. The van der Waals surface area contributed by atoms with Gasteiger partial charge in [-0.05, 0) is 24.1 Å². The van der Waals surface area contributed by atoms with Gasteiger partial charge in [0.2, 0.25) is 0 Å². The van der Waals surface area contributed by atoms with Crippen LogP contribution in [-0.2, 0) is 16.1 Å². The monoisotopic (exact) mass is 257 g/mol. The molecule has 1 aromatic carbocycles. The lowest BCUT2D eigenvalue weighted by Gasteiger charge is -2.13. The van der Waals surface area contributed by atoms with Gasteiger partial charge in [0, 0.05) is 13.1 Å². The lowest BCUT2D eigenvalue weighted by molar-refractivity contribution is -0.145. The predicted octanol–water partition coefficient (Wildman–Crippen LogP) is 2.25. The number of hydrogen-bond acceptors (Lipinski definition) is 3. The van der Waals surface area contributed by atoms with Crippen LogP contribution in [-0.4, -0.2) is 19.6 Å². The number of carbonyl (C=O) groups excluding carboxylic acids is 1. The second kappa shape index (κ2) is 7.06. The number of hydrogen-bond donors (Lipinski definition) is 1. The van der Waals surface area contributed by atoms with Crippen molar-refractivity contribution in [1.82, 2.24) is 5.32 Å². The molecule has 1 N–H and O–H groups in total. The third-order valence-corrected chi connectivity index (χ3v) is 2.73. The number of esters is 1. The molecule has 0 saturated heterocycles. The van der Waals surface area contributed by atoms with Gasteiger partial charge in [0.1, 0.15) is 0 Å². The van der Waals surface area contributed by atoms with E-state index in [1.807, 2.05) is 6.92 Å². The van der Waals surface area contributed by atoms with Crippen molar-refractivity contribution in [2.75, 3.05) is 13.7 Å². The Hall–Kier alpha value is -1.49. The van der Waals surface area contributed by atoms with Gasteiger partial charge in [0.15, 0.2) is 11.6 Å². The maximum atomic E-state index is 12.9. The van der Waals surface area contributed by atoms with Crippen LogP contribution in [0.25, 0.3) is 0 Å². The topological polar surface area (TPSA) is 38.3 Å². The van der Waals surface area contributed by atoms with Crippen molar-refractivity contribution in [3.63, 3.8) is 0 Å². The van der Waals surface area contributed by atoms with Crippen LogP contribution in [0.4, 0.5) is 8.78 Å². The van der Waals surface area contributed by atoms with Crippen LogP contribution in [0.5, 0.6) is 0 Å². The van der Waals surface area contributed by atoms with Crippen molar-refractivity contribution in [1.29, 1.82) is 0 Å². The first kappa shape index (κ1) is 14.6. The molecule has 0 heterocycles. The lowest BCUT2D eigenvalue weighted by atomic mass is 10.1. The Balaban J connectivity index is 2.45. The molecule has 0 radical (unpaired) electrons. The molecule has 0 bridgehead atoms. The SMILES string of the molecule is CCC(CNCc1ccc(F)c(F)c1)C(=O)OC. The van der Waals surface area contributed by atoms with Crippen molar-refractivity contribution >= 4 is 5.97 Å². The zero-order valence-corrected chi connectivity index (χ0v) is 10.5. The van der Waals surface area contributed by atoms with Crippen molar-refractivity contribution in [3.8, 4) is 0 Å². The van der Waals surface area contributed by atoms with E-state index in [2.05, 4.69) is 10.1 Å². The standard InChI is InChI=1S/C13H17F2NO2/c1-3-10(13(17)18-2)8-16-7-9-4-5-11(14)12(15)6-9/h4-6,10,16H,3,7-8H2,1-2H3. The molecule has 5 heteroatoms. The van der Waals surface area contributed by atoms with Gasteiger partial charge in [-0.1, -0.05) is 13.0 Å². The molecular formula is C13H17F2NO2. The number of halogens is 2. The summed E-state index contributed by atoms with van der Waals surface area (Å²) in [5.74, 6) is -2.22. The first-order chi connectivity index (χ1) is 8.58. The normalized spacial score (nSPS) is 12.2. The van der Waals surface area contributed by atoms with Crippen molar-refractivity contribution in [2.24, 2.45) is 5.92 Å². The highest BCUT2D eigenvalue weighted by Crippen LogP contribution is 2.09. The molecule has 0 aromatic heterocycles. The van der Waals surface area contributed by atoms with Crippen LogP contribution in [0.1, 0.15) is 18.9 Å². The molecule has 0 spiro atoms. The molecular weight excluding hydrogens is 240 g/mol. The molecule has 0 saturated carbocycles. The molecule has 0 amide bonds. The molecule has 0 aliphatic carbocycles. The Morgan fingerprint density at radius 3 is 2.67 bits per heavy atom. The summed E-state index contributed by atoms with van der Waals surface area (Å²) in [5, 5.41) is 3.02. The van der Waals surface area contributed by atoms with Gasteiger partial charge in [-0.25, -0.2) is 8.78 Å². The molecule has 0 fully saturated rings. The maximum Gasteiger partial charge on any atom is 0.309 e. The van der Waals surface area contributed by atoms with E-state index in [0.717, 1.165) is 12.1 Å². The average molecular weight is 257 g/mol. The first-order valence-corrected chi connectivity index (χ1v) is 5.81. The van der Waals surface area contributed by atoms with E-state index >= 15 is 0 Å². The highest BCUT2D eigenvalue weighted by Gasteiger charge is 2.16. The number of benzene rings is 1. The Bertz CT molecular complexity index is 410. The summed E-state index contributed by atoms with van der Waals surface area (Å²) in [6.07, 6.45) is 0.664. The van der Waals surface area contributed by atoms with E-state index in [1.54, 1.807) is 0 Å². The van der Waals surface area contributed by atoms with E-state index in [1.165, 1.54) is 13.2 Å². The summed E-state index contributed by atoms with van der Waals surface area (Å²) in [7, 11) is 1.35. The summed E-state index contributed by atoms with van der Waals surface area (Å²) < 4.78 is 30.3. The summed E-state index contributed by atoms with van der Waals surface area (Å²) in [6, 6.07) is 3.73. The van der Waals surface area contributed by atoms with Crippen LogP contribution in [0.3, 0.4) is 0 Å². The summed E-state index contributed by atoms with van der Waals surface area (Å²) in [4.78, 5) is 11.3. The number of carbonyl (C=O) groups is 1. The average Bonchev–Trinajstić information content (AvgIpc) is 2.38. The first-order valence-electron chi connectivity index (χ1n) is 5.81. The number of ether oxygens (including phenoxy) is 1. The molecule has 0 aliphatic heterocycles. The zero-order chi connectivity index (χ0) is 13.5. The molecule has 18 heavy (non-hydrogen) atoms. The highest BCUT2D eigenvalue weighted by molar-refractivity contribution is 5.72. The van der Waals surface area contributed by atoms with Crippen LogP contribution in [0, 0.1) is 17.6 Å². The van der Waals surface area contributed by atoms with Gasteiger partial charge < -0.3 is 10.1 Å². The lowest BCUT2D eigenvalue weighted by Crippen LogP contribution is -2.28. The van der Waals surface area contributed by atoms with E-state index in [4.69, 9.17) is 0 Å². The number of rotatable bonds is 6. The van der Waals surface area contributed by atoms with Crippen LogP contribution >= 0.6 is 0 Å². The fourth-order valence-corrected chi connectivity index (χ4v) is 1.60. The molecule has 100 valence electrons. The second-order valence-corrected chi connectivity index (χ2v) is 4.01. The van der Waals surface area contributed by atoms with Gasteiger partial charge in [0.25, 0.3) is 0 Å².